The van der Waals surface area contributed by atoms with Crippen LogP contribution in [0, 0.1) is 6.92 Å². The van der Waals surface area contributed by atoms with Gasteiger partial charge in [-0.3, -0.25) is 4.79 Å². The van der Waals surface area contributed by atoms with E-state index in [1.807, 2.05) is 31.2 Å². The van der Waals surface area contributed by atoms with E-state index < -0.39 is 0 Å². The smallest absolute Gasteiger partial charge is 0.175 e. The molecular formula is C16H15ClOS. The van der Waals surface area contributed by atoms with E-state index in [1.54, 1.807) is 30.0 Å². The summed E-state index contributed by atoms with van der Waals surface area (Å²) >= 11 is 7.51. The first-order valence-electron chi connectivity index (χ1n) is 6.10. The van der Waals surface area contributed by atoms with Gasteiger partial charge in [-0.05, 0) is 37.6 Å². The summed E-state index contributed by atoms with van der Waals surface area (Å²) in [7, 11) is 0. The van der Waals surface area contributed by atoms with Gasteiger partial charge in [-0.2, -0.15) is 0 Å². The average Bonchev–Trinajstić information content (AvgIpc) is 2.40. The largest absolute Gasteiger partial charge is 0.293 e. The van der Waals surface area contributed by atoms with E-state index in [-0.39, 0.29) is 11.0 Å². The fourth-order valence-corrected chi connectivity index (χ4v) is 3.03. The fraction of sp³-hybridized carbons (Fsp3) is 0.188. The summed E-state index contributed by atoms with van der Waals surface area (Å²) in [6, 6.07) is 15.2. The quantitative estimate of drug-likeness (QED) is 0.581. The third-order valence-electron chi connectivity index (χ3n) is 2.88. The maximum atomic E-state index is 12.3. The Labute approximate surface area is 123 Å². The first-order chi connectivity index (χ1) is 9.08. The Hall–Kier alpha value is -1.25. The van der Waals surface area contributed by atoms with Crippen molar-refractivity contribution in [2.75, 3.05) is 0 Å². The highest BCUT2D eigenvalue weighted by molar-refractivity contribution is 8.00. The molecule has 19 heavy (non-hydrogen) atoms. The second-order valence-corrected chi connectivity index (χ2v) is 6.22. The lowest BCUT2D eigenvalue weighted by atomic mass is 10.1. The van der Waals surface area contributed by atoms with Crippen LogP contribution >= 0.6 is 23.4 Å². The Kier molecular flexibility index (Phi) is 4.67. The lowest BCUT2D eigenvalue weighted by molar-refractivity contribution is 0.0994. The van der Waals surface area contributed by atoms with E-state index in [0.29, 0.717) is 10.6 Å². The van der Waals surface area contributed by atoms with Crippen molar-refractivity contribution < 1.29 is 4.79 Å². The molecule has 0 amide bonds. The van der Waals surface area contributed by atoms with E-state index in [4.69, 9.17) is 11.6 Å². The minimum absolute atomic E-state index is 0.107. The SMILES string of the molecule is Cc1ccccc1SC(C)C(=O)c1cccc(Cl)c1. The Bertz CT molecular complexity index is 595. The molecule has 1 nitrogen and oxygen atoms in total. The van der Waals surface area contributed by atoms with Crippen molar-refractivity contribution in [2.45, 2.75) is 24.0 Å². The molecular weight excluding hydrogens is 276 g/mol. The molecule has 0 heterocycles. The molecule has 0 aliphatic rings. The number of hydrogen-bond donors (Lipinski definition) is 0. The number of benzene rings is 2. The van der Waals surface area contributed by atoms with Crippen LogP contribution in [-0.4, -0.2) is 11.0 Å². The van der Waals surface area contributed by atoms with Crippen LogP contribution in [0.4, 0.5) is 0 Å². The van der Waals surface area contributed by atoms with Gasteiger partial charge in [-0.15, -0.1) is 11.8 Å². The molecule has 0 N–H and O–H groups in total. The first-order valence-corrected chi connectivity index (χ1v) is 7.36. The zero-order valence-corrected chi connectivity index (χ0v) is 12.5. The van der Waals surface area contributed by atoms with Gasteiger partial charge in [0, 0.05) is 15.5 Å². The van der Waals surface area contributed by atoms with Gasteiger partial charge in [-0.1, -0.05) is 41.9 Å². The molecule has 2 aromatic carbocycles. The van der Waals surface area contributed by atoms with E-state index in [1.165, 1.54) is 5.56 Å². The van der Waals surface area contributed by atoms with Crippen molar-refractivity contribution in [2.24, 2.45) is 0 Å². The summed E-state index contributed by atoms with van der Waals surface area (Å²) in [5.74, 6) is 0.107. The number of rotatable bonds is 4. The summed E-state index contributed by atoms with van der Waals surface area (Å²) in [5, 5.41) is 0.471. The summed E-state index contributed by atoms with van der Waals surface area (Å²) in [6.45, 7) is 3.99. The highest BCUT2D eigenvalue weighted by Gasteiger charge is 2.17. The molecule has 2 aromatic rings. The zero-order chi connectivity index (χ0) is 13.8. The predicted octanol–water partition coefficient (Wildman–Crippen LogP) is 5.01. The first kappa shape index (κ1) is 14.2. The second kappa shape index (κ2) is 6.27. The number of aryl methyl sites for hydroxylation is 1. The maximum absolute atomic E-state index is 12.3. The van der Waals surface area contributed by atoms with Crippen LogP contribution in [-0.2, 0) is 0 Å². The summed E-state index contributed by atoms with van der Waals surface area (Å²) in [5.41, 5.74) is 1.86. The molecule has 0 saturated carbocycles. The van der Waals surface area contributed by atoms with Gasteiger partial charge in [-0.25, -0.2) is 0 Å². The zero-order valence-electron chi connectivity index (χ0n) is 10.9. The van der Waals surface area contributed by atoms with Gasteiger partial charge in [0.1, 0.15) is 0 Å². The van der Waals surface area contributed by atoms with Crippen LogP contribution in [0.2, 0.25) is 5.02 Å². The molecule has 0 spiro atoms. The summed E-state index contributed by atoms with van der Waals surface area (Å²) in [4.78, 5) is 13.5. The monoisotopic (exact) mass is 290 g/mol. The average molecular weight is 291 g/mol. The van der Waals surface area contributed by atoms with E-state index in [9.17, 15) is 4.79 Å². The van der Waals surface area contributed by atoms with Crippen LogP contribution in [0.3, 0.4) is 0 Å². The van der Waals surface area contributed by atoms with Crippen molar-refractivity contribution >= 4 is 29.1 Å². The molecule has 98 valence electrons. The lowest BCUT2D eigenvalue weighted by Gasteiger charge is -2.12. The maximum Gasteiger partial charge on any atom is 0.175 e. The minimum Gasteiger partial charge on any atom is -0.293 e. The normalized spacial score (nSPS) is 12.2. The van der Waals surface area contributed by atoms with Crippen LogP contribution in [0.15, 0.2) is 53.4 Å². The second-order valence-electron chi connectivity index (χ2n) is 4.40. The van der Waals surface area contributed by atoms with E-state index >= 15 is 0 Å². The molecule has 0 fully saturated rings. The van der Waals surface area contributed by atoms with Crippen molar-refractivity contribution in [3.63, 3.8) is 0 Å². The summed E-state index contributed by atoms with van der Waals surface area (Å²) in [6.07, 6.45) is 0. The third kappa shape index (κ3) is 3.62. The van der Waals surface area contributed by atoms with Gasteiger partial charge in [0.15, 0.2) is 5.78 Å². The Balaban J connectivity index is 2.14. The Morgan fingerprint density at radius 2 is 1.89 bits per heavy atom. The standard InChI is InChI=1S/C16H15ClOS/c1-11-6-3-4-9-15(11)19-12(2)16(18)13-7-5-8-14(17)10-13/h3-10,12H,1-2H3. The highest BCUT2D eigenvalue weighted by Crippen LogP contribution is 2.28. The van der Waals surface area contributed by atoms with Crippen molar-refractivity contribution in [3.8, 4) is 0 Å². The van der Waals surface area contributed by atoms with Gasteiger partial charge in [0.2, 0.25) is 0 Å². The molecule has 0 aromatic heterocycles. The van der Waals surface area contributed by atoms with Gasteiger partial charge in [0.05, 0.1) is 5.25 Å². The van der Waals surface area contributed by atoms with Crippen molar-refractivity contribution in [1.82, 2.24) is 0 Å². The summed E-state index contributed by atoms with van der Waals surface area (Å²) < 4.78 is 0. The number of carbonyl (C=O) groups is 1. The van der Waals surface area contributed by atoms with Crippen LogP contribution in [0.25, 0.3) is 0 Å². The molecule has 0 aliphatic carbocycles. The molecule has 2 rings (SSSR count). The highest BCUT2D eigenvalue weighted by atomic mass is 35.5. The molecule has 0 radical (unpaired) electrons. The molecule has 1 atom stereocenters. The van der Waals surface area contributed by atoms with E-state index in [0.717, 1.165) is 4.90 Å². The molecule has 0 saturated heterocycles. The molecule has 1 unspecified atom stereocenters. The fourth-order valence-electron chi connectivity index (χ4n) is 1.81. The van der Waals surface area contributed by atoms with Gasteiger partial charge in [0.25, 0.3) is 0 Å². The van der Waals surface area contributed by atoms with Crippen molar-refractivity contribution in [1.29, 1.82) is 0 Å². The minimum atomic E-state index is -0.125. The Morgan fingerprint density at radius 3 is 2.58 bits per heavy atom. The molecule has 0 bridgehead atoms. The number of thioether (sulfide) groups is 1. The van der Waals surface area contributed by atoms with Crippen LogP contribution in [0.1, 0.15) is 22.8 Å². The third-order valence-corrected chi connectivity index (χ3v) is 4.39. The van der Waals surface area contributed by atoms with Crippen LogP contribution in [0.5, 0.6) is 0 Å². The Morgan fingerprint density at radius 1 is 1.16 bits per heavy atom. The predicted molar refractivity (Wildman–Crippen MR) is 82.3 cm³/mol. The number of halogens is 1. The molecule has 3 heteroatoms. The van der Waals surface area contributed by atoms with Gasteiger partial charge >= 0.3 is 0 Å². The topological polar surface area (TPSA) is 17.1 Å². The number of carbonyl (C=O) groups excluding carboxylic acids is 1. The number of Topliss-reactive ketones (excluding diaryl/α,β-unsaturated/α-hetero) is 1. The molecule has 0 aliphatic heterocycles. The number of ketones is 1. The van der Waals surface area contributed by atoms with Gasteiger partial charge < -0.3 is 0 Å². The van der Waals surface area contributed by atoms with Crippen LogP contribution < -0.4 is 0 Å². The van der Waals surface area contributed by atoms with E-state index in [2.05, 4.69) is 13.0 Å². The lowest BCUT2D eigenvalue weighted by Crippen LogP contribution is -2.13. The van der Waals surface area contributed by atoms with Crippen molar-refractivity contribution in [3.05, 3.63) is 64.7 Å². The number of hydrogen-bond acceptors (Lipinski definition) is 2.